The number of fused-ring (bicyclic) bond motifs is 1. The van der Waals surface area contributed by atoms with Crippen molar-refractivity contribution in [2.45, 2.75) is 19.6 Å². The van der Waals surface area contributed by atoms with E-state index in [9.17, 15) is 0 Å². The van der Waals surface area contributed by atoms with Gasteiger partial charge in [0, 0.05) is 27.7 Å². The van der Waals surface area contributed by atoms with Crippen molar-refractivity contribution in [1.29, 1.82) is 0 Å². The quantitative estimate of drug-likeness (QED) is 0.268. The molecule has 0 atom stereocenters. The first kappa shape index (κ1) is 22.5. The molecule has 0 spiro atoms. The van der Waals surface area contributed by atoms with Gasteiger partial charge in [-0.3, -0.25) is 0 Å². The summed E-state index contributed by atoms with van der Waals surface area (Å²) in [5.74, 6) is 1.74. The first-order chi connectivity index (χ1) is 15.7. The zero-order valence-electron chi connectivity index (χ0n) is 17.9. The van der Waals surface area contributed by atoms with Gasteiger partial charge in [-0.2, -0.15) is 0 Å². The van der Waals surface area contributed by atoms with Crippen LogP contribution >= 0.6 is 23.2 Å². The fraction of sp³-hybridized carbons (Fsp3) is 0.185. The normalized spacial score (nSPS) is 11.0. The van der Waals surface area contributed by atoms with Crippen LogP contribution in [0.1, 0.15) is 16.7 Å². The molecule has 1 N–H and O–H groups in total. The molecule has 3 nitrogen and oxygen atoms in total. The molecule has 0 fully saturated rings. The van der Waals surface area contributed by atoms with Gasteiger partial charge in [0.05, 0.1) is 7.11 Å². The van der Waals surface area contributed by atoms with E-state index in [0.29, 0.717) is 23.2 Å². The van der Waals surface area contributed by atoms with E-state index >= 15 is 0 Å². The van der Waals surface area contributed by atoms with Crippen molar-refractivity contribution in [2.75, 3.05) is 13.7 Å². The van der Waals surface area contributed by atoms with Crippen LogP contribution in [-0.2, 0) is 19.6 Å². The summed E-state index contributed by atoms with van der Waals surface area (Å²) in [7, 11) is 1.71. The van der Waals surface area contributed by atoms with Gasteiger partial charge in [0.2, 0.25) is 0 Å². The Morgan fingerprint density at radius 2 is 1.50 bits per heavy atom. The Hall–Kier alpha value is -2.72. The fourth-order valence-electron chi connectivity index (χ4n) is 3.80. The van der Waals surface area contributed by atoms with Crippen molar-refractivity contribution in [3.63, 3.8) is 0 Å². The van der Waals surface area contributed by atoms with Gasteiger partial charge in [-0.15, -0.1) is 0 Å². The molecule has 0 saturated heterocycles. The minimum atomic E-state index is 0.311. The maximum absolute atomic E-state index is 6.33. The Bertz CT molecular complexity index is 1190. The molecule has 0 saturated carbocycles. The largest absolute Gasteiger partial charge is 0.496 e. The van der Waals surface area contributed by atoms with Crippen LogP contribution in [0.3, 0.4) is 0 Å². The van der Waals surface area contributed by atoms with E-state index in [-0.39, 0.29) is 0 Å². The predicted octanol–water partition coefficient (Wildman–Crippen LogP) is 7.07. The summed E-state index contributed by atoms with van der Waals surface area (Å²) in [6.45, 7) is 1.81. The second kappa shape index (κ2) is 10.7. The van der Waals surface area contributed by atoms with Crippen LogP contribution in [0.15, 0.2) is 78.9 Å². The van der Waals surface area contributed by atoms with Gasteiger partial charge in [0.1, 0.15) is 18.1 Å². The van der Waals surface area contributed by atoms with Gasteiger partial charge in [-0.1, -0.05) is 77.8 Å². The summed E-state index contributed by atoms with van der Waals surface area (Å²) in [4.78, 5) is 0. The number of para-hydroxylation sites is 1. The number of methoxy groups -OCH3 is 1. The molecule has 32 heavy (non-hydrogen) atoms. The van der Waals surface area contributed by atoms with Gasteiger partial charge >= 0.3 is 0 Å². The summed E-state index contributed by atoms with van der Waals surface area (Å²) in [5, 5.41) is 7.12. The van der Waals surface area contributed by atoms with Crippen molar-refractivity contribution in [2.24, 2.45) is 0 Å². The van der Waals surface area contributed by atoms with Gasteiger partial charge in [0.25, 0.3) is 0 Å². The number of benzene rings is 4. The molecular weight excluding hydrogens is 441 g/mol. The highest BCUT2D eigenvalue weighted by Crippen LogP contribution is 2.31. The topological polar surface area (TPSA) is 30.5 Å². The molecule has 0 bridgehead atoms. The number of halogens is 2. The Morgan fingerprint density at radius 3 is 2.31 bits per heavy atom. The first-order valence-electron chi connectivity index (χ1n) is 10.6. The third-order valence-corrected chi connectivity index (χ3v) is 6.20. The van der Waals surface area contributed by atoms with E-state index in [2.05, 4.69) is 35.6 Å². The molecule has 0 radical (unpaired) electrons. The lowest BCUT2D eigenvalue weighted by Crippen LogP contribution is -2.18. The Kier molecular flexibility index (Phi) is 7.54. The number of rotatable bonds is 9. The third kappa shape index (κ3) is 5.18. The van der Waals surface area contributed by atoms with Crippen LogP contribution in [0, 0.1) is 0 Å². The molecule has 5 heteroatoms. The maximum atomic E-state index is 6.33. The molecule has 0 aliphatic carbocycles. The van der Waals surface area contributed by atoms with Crippen LogP contribution in [-0.4, -0.2) is 13.7 Å². The number of ether oxygens (including phenoxy) is 2. The molecule has 4 aromatic carbocycles. The molecule has 0 aliphatic rings. The second-order valence-electron chi connectivity index (χ2n) is 7.49. The average molecular weight is 466 g/mol. The Labute approximate surface area is 198 Å². The van der Waals surface area contributed by atoms with E-state index in [1.165, 1.54) is 16.3 Å². The van der Waals surface area contributed by atoms with E-state index < -0.39 is 0 Å². The molecule has 164 valence electrons. The highest BCUT2D eigenvalue weighted by molar-refractivity contribution is 6.35. The smallest absolute Gasteiger partial charge is 0.124 e. The second-order valence-corrected chi connectivity index (χ2v) is 8.31. The minimum Gasteiger partial charge on any atom is -0.496 e. The lowest BCUT2D eigenvalue weighted by molar-refractivity contribution is 0.303. The van der Waals surface area contributed by atoms with Crippen LogP contribution in [0.25, 0.3) is 10.8 Å². The molecule has 0 aromatic heterocycles. The van der Waals surface area contributed by atoms with E-state index in [1.807, 2.05) is 48.5 Å². The lowest BCUT2D eigenvalue weighted by atomic mass is 10.0. The molecule has 0 aliphatic heterocycles. The molecule has 0 heterocycles. The van der Waals surface area contributed by atoms with Gasteiger partial charge in [0.15, 0.2) is 0 Å². The highest BCUT2D eigenvalue weighted by atomic mass is 35.5. The monoisotopic (exact) mass is 465 g/mol. The number of nitrogens with one attached hydrogen (secondary N) is 1. The Morgan fingerprint density at radius 1 is 0.750 bits per heavy atom. The van der Waals surface area contributed by atoms with Gasteiger partial charge < -0.3 is 14.8 Å². The Balaban J connectivity index is 1.51. The summed E-state index contributed by atoms with van der Waals surface area (Å²) in [6, 6.07) is 26.0. The third-order valence-electron chi connectivity index (χ3n) is 5.50. The van der Waals surface area contributed by atoms with Crippen LogP contribution in [0.2, 0.25) is 10.0 Å². The van der Waals surface area contributed by atoms with Crippen molar-refractivity contribution in [3.8, 4) is 11.5 Å². The van der Waals surface area contributed by atoms with Crippen molar-refractivity contribution in [1.82, 2.24) is 5.32 Å². The maximum Gasteiger partial charge on any atom is 0.124 e. The van der Waals surface area contributed by atoms with E-state index in [4.69, 9.17) is 32.7 Å². The fourth-order valence-corrected chi connectivity index (χ4v) is 4.31. The standard InChI is InChI=1S/C27H25Cl2NO2/c1-31-26-12-5-3-8-20(26)15-16-30-17-22-21-9-4-2-7-19(21)13-14-27(22)32-18-23-24(28)10-6-11-25(23)29/h2-14,30H,15-18H2,1H3. The van der Waals surface area contributed by atoms with E-state index in [1.54, 1.807) is 7.11 Å². The SMILES string of the molecule is COc1ccccc1CCNCc1c(OCc2c(Cl)cccc2Cl)ccc2ccccc12. The van der Waals surface area contributed by atoms with Gasteiger partial charge in [-0.05, 0) is 53.6 Å². The van der Waals surface area contributed by atoms with Crippen molar-refractivity contribution in [3.05, 3.63) is 106 Å². The predicted molar refractivity (Wildman–Crippen MR) is 133 cm³/mol. The zero-order chi connectivity index (χ0) is 22.3. The summed E-state index contributed by atoms with van der Waals surface area (Å²) in [6.07, 6.45) is 0.875. The zero-order valence-corrected chi connectivity index (χ0v) is 19.4. The summed E-state index contributed by atoms with van der Waals surface area (Å²) in [5.41, 5.74) is 3.09. The summed E-state index contributed by atoms with van der Waals surface area (Å²) < 4.78 is 11.7. The first-order valence-corrected chi connectivity index (χ1v) is 11.3. The van der Waals surface area contributed by atoms with E-state index in [0.717, 1.165) is 35.6 Å². The van der Waals surface area contributed by atoms with Gasteiger partial charge in [-0.25, -0.2) is 0 Å². The van der Waals surface area contributed by atoms with Crippen molar-refractivity contribution >= 4 is 34.0 Å². The molecule has 0 unspecified atom stereocenters. The van der Waals surface area contributed by atoms with Crippen LogP contribution < -0.4 is 14.8 Å². The number of hydrogen-bond donors (Lipinski definition) is 1. The molecule has 4 rings (SSSR count). The number of hydrogen-bond acceptors (Lipinski definition) is 3. The van der Waals surface area contributed by atoms with Crippen LogP contribution in [0.4, 0.5) is 0 Å². The lowest BCUT2D eigenvalue weighted by Gasteiger charge is -2.16. The van der Waals surface area contributed by atoms with Crippen molar-refractivity contribution < 1.29 is 9.47 Å². The highest BCUT2D eigenvalue weighted by Gasteiger charge is 2.12. The molecule has 4 aromatic rings. The summed E-state index contributed by atoms with van der Waals surface area (Å²) >= 11 is 12.7. The minimum absolute atomic E-state index is 0.311. The average Bonchev–Trinajstić information content (AvgIpc) is 2.82. The molecule has 0 amide bonds. The molecular formula is C27H25Cl2NO2. The van der Waals surface area contributed by atoms with Crippen LogP contribution in [0.5, 0.6) is 11.5 Å².